The molecule has 0 bridgehead atoms. The van der Waals surface area contributed by atoms with E-state index < -0.39 is 0 Å². The molecule has 1 unspecified atom stereocenters. The maximum atomic E-state index is 12.0. The van der Waals surface area contributed by atoms with E-state index in [0.29, 0.717) is 12.5 Å². The summed E-state index contributed by atoms with van der Waals surface area (Å²) >= 11 is 1.84. The van der Waals surface area contributed by atoms with Crippen LogP contribution in [0.2, 0.25) is 0 Å². The lowest BCUT2D eigenvalue weighted by atomic mass is 9.94. The molecule has 0 aliphatic rings. The summed E-state index contributed by atoms with van der Waals surface area (Å²) in [6.45, 7) is 9.60. The number of nitrogens with two attached hydrogens (primary N) is 1. The fourth-order valence-electron chi connectivity index (χ4n) is 1.92. The molecular weight excluding hydrogens is 232 g/mol. The average molecular weight is 260 g/mol. The zero-order valence-corrected chi connectivity index (χ0v) is 12.7. The van der Waals surface area contributed by atoms with E-state index in [2.05, 4.69) is 25.4 Å². The van der Waals surface area contributed by atoms with Gasteiger partial charge in [0.05, 0.1) is 5.92 Å². The smallest absolute Gasteiger partial charge is 0.224 e. The minimum absolute atomic E-state index is 0.0664. The molecule has 0 spiro atoms. The van der Waals surface area contributed by atoms with E-state index in [-0.39, 0.29) is 16.6 Å². The van der Waals surface area contributed by atoms with Gasteiger partial charge in [0.25, 0.3) is 0 Å². The molecular formula is C13H28N2OS. The Morgan fingerprint density at radius 2 is 1.88 bits per heavy atom. The fraction of sp³-hybridized carbons (Fsp3) is 0.923. The largest absolute Gasteiger partial charge is 0.354 e. The number of carbonyl (C=O) groups excluding carboxylic acids is 1. The van der Waals surface area contributed by atoms with Crippen molar-refractivity contribution in [3.05, 3.63) is 0 Å². The first-order valence-corrected chi connectivity index (χ1v) is 7.71. The molecule has 1 atom stereocenters. The third-order valence-electron chi connectivity index (χ3n) is 3.70. The van der Waals surface area contributed by atoms with Crippen molar-refractivity contribution < 1.29 is 4.79 Å². The molecule has 3 nitrogen and oxygen atoms in total. The van der Waals surface area contributed by atoms with Crippen molar-refractivity contribution in [2.75, 3.05) is 19.3 Å². The zero-order chi connectivity index (χ0) is 13.5. The van der Waals surface area contributed by atoms with Gasteiger partial charge in [-0.1, -0.05) is 27.7 Å². The summed E-state index contributed by atoms with van der Waals surface area (Å²) in [5.74, 6) is 0.332. The molecule has 4 heteroatoms. The van der Waals surface area contributed by atoms with Crippen LogP contribution < -0.4 is 11.1 Å². The molecule has 0 rings (SSSR count). The predicted molar refractivity (Wildman–Crippen MR) is 77.2 cm³/mol. The van der Waals surface area contributed by atoms with Crippen LogP contribution in [0.25, 0.3) is 0 Å². The Labute approximate surface area is 110 Å². The van der Waals surface area contributed by atoms with Gasteiger partial charge in [-0.15, -0.1) is 0 Å². The Morgan fingerprint density at radius 3 is 2.18 bits per heavy atom. The molecule has 17 heavy (non-hydrogen) atoms. The molecule has 0 aromatic carbocycles. The summed E-state index contributed by atoms with van der Waals surface area (Å²) in [6.07, 6.45) is 4.25. The van der Waals surface area contributed by atoms with E-state index in [4.69, 9.17) is 5.73 Å². The van der Waals surface area contributed by atoms with Gasteiger partial charge < -0.3 is 11.1 Å². The van der Waals surface area contributed by atoms with Gasteiger partial charge >= 0.3 is 0 Å². The Morgan fingerprint density at radius 1 is 1.35 bits per heavy atom. The molecule has 0 heterocycles. The van der Waals surface area contributed by atoms with Gasteiger partial charge in [-0.2, -0.15) is 11.8 Å². The molecule has 0 radical (unpaired) electrons. The van der Waals surface area contributed by atoms with Crippen LogP contribution in [0.5, 0.6) is 0 Å². The van der Waals surface area contributed by atoms with Gasteiger partial charge in [0, 0.05) is 17.8 Å². The minimum Gasteiger partial charge on any atom is -0.354 e. The van der Waals surface area contributed by atoms with E-state index in [1.54, 1.807) is 0 Å². The third kappa shape index (κ3) is 4.88. The first kappa shape index (κ1) is 16.8. The standard InChI is InChI=1S/C13H28N2OS/c1-6-13(7-2,17-5)9-15-12(16)11(8-14)10(3)4/h10-11H,6-9,14H2,1-5H3,(H,15,16). The molecule has 0 aliphatic heterocycles. The van der Waals surface area contributed by atoms with Crippen LogP contribution in [-0.2, 0) is 4.79 Å². The Kier molecular flexibility index (Phi) is 7.88. The first-order chi connectivity index (χ1) is 7.96. The average Bonchev–Trinajstić information content (AvgIpc) is 2.32. The summed E-state index contributed by atoms with van der Waals surface area (Å²) < 4.78 is 0.172. The van der Waals surface area contributed by atoms with Crippen molar-refractivity contribution in [1.29, 1.82) is 0 Å². The second kappa shape index (κ2) is 7.98. The van der Waals surface area contributed by atoms with Gasteiger partial charge in [-0.25, -0.2) is 0 Å². The van der Waals surface area contributed by atoms with E-state index in [1.165, 1.54) is 0 Å². The lowest BCUT2D eigenvalue weighted by Gasteiger charge is -2.31. The Balaban J connectivity index is 4.39. The normalized spacial score (nSPS) is 13.8. The summed E-state index contributed by atoms with van der Waals surface area (Å²) in [7, 11) is 0. The number of hydrogen-bond donors (Lipinski definition) is 2. The number of thioether (sulfide) groups is 1. The highest BCUT2D eigenvalue weighted by Gasteiger charge is 2.27. The SMILES string of the molecule is CCC(CC)(CNC(=O)C(CN)C(C)C)SC. The molecule has 102 valence electrons. The second-order valence-corrected chi connectivity index (χ2v) is 6.17. The third-order valence-corrected chi connectivity index (χ3v) is 5.29. The molecule has 0 saturated heterocycles. The minimum atomic E-state index is -0.0664. The molecule has 0 fully saturated rings. The number of nitrogens with one attached hydrogen (secondary N) is 1. The summed E-state index contributed by atoms with van der Waals surface area (Å²) in [5, 5.41) is 3.07. The van der Waals surface area contributed by atoms with Gasteiger partial charge in [0.2, 0.25) is 5.91 Å². The fourth-order valence-corrected chi connectivity index (χ4v) is 2.72. The summed E-state index contributed by atoms with van der Waals surface area (Å²) in [5.41, 5.74) is 5.65. The van der Waals surface area contributed by atoms with Crippen LogP contribution >= 0.6 is 11.8 Å². The first-order valence-electron chi connectivity index (χ1n) is 6.49. The number of carbonyl (C=O) groups is 1. The van der Waals surface area contributed by atoms with Crippen LogP contribution in [0.1, 0.15) is 40.5 Å². The second-order valence-electron chi connectivity index (χ2n) is 4.90. The summed E-state index contributed by atoms with van der Waals surface area (Å²) in [6, 6.07) is 0. The van der Waals surface area contributed by atoms with Crippen LogP contribution in [0, 0.1) is 11.8 Å². The van der Waals surface area contributed by atoms with Crippen molar-refractivity contribution in [1.82, 2.24) is 5.32 Å². The highest BCUT2D eigenvalue weighted by atomic mass is 32.2. The lowest BCUT2D eigenvalue weighted by Crippen LogP contribution is -2.44. The Hall–Kier alpha value is -0.220. The van der Waals surface area contributed by atoms with Crippen molar-refractivity contribution in [3.8, 4) is 0 Å². The Bertz CT molecular complexity index is 219. The molecule has 0 aromatic heterocycles. The molecule has 0 saturated carbocycles. The molecule has 3 N–H and O–H groups in total. The highest BCUT2D eigenvalue weighted by molar-refractivity contribution is 8.00. The quantitative estimate of drug-likeness (QED) is 0.704. The van der Waals surface area contributed by atoms with Crippen molar-refractivity contribution in [2.24, 2.45) is 17.6 Å². The lowest BCUT2D eigenvalue weighted by molar-refractivity contribution is -0.126. The number of rotatable bonds is 8. The van der Waals surface area contributed by atoms with Crippen LogP contribution in [0.15, 0.2) is 0 Å². The molecule has 1 amide bonds. The van der Waals surface area contributed by atoms with Crippen molar-refractivity contribution in [3.63, 3.8) is 0 Å². The van der Waals surface area contributed by atoms with E-state index >= 15 is 0 Å². The van der Waals surface area contributed by atoms with Crippen LogP contribution in [0.4, 0.5) is 0 Å². The van der Waals surface area contributed by atoms with Gasteiger partial charge in [-0.05, 0) is 25.0 Å². The monoisotopic (exact) mass is 260 g/mol. The number of amides is 1. The van der Waals surface area contributed by atoms with Gasteiger partial charge in [0.1, 0.15) is 0 Å². The maximum absolute atomic E-state index is 12.0. The van der Waals surface area contributed by atoms with Gasteiger partial charge in [-0.3, -0.25) is 4.79 Å². The van der Waals surface area contributed by atoms with E-state index in [0.717, 1.165) is 19.4 Å². The molecule has 0 aliphatic carbocycles. The van der Waals surface area contributed by atoms with E-state index in [9.17, 15) is 4.79 Å². The van der Waals surface area contributed by atoms with Gasteiger partial charge in [0.15, 0.2) is 0 Å². The van der Waals surface area contributed by atoms with Crippen molar-refractivity contribution >= 4 is 17.7 Å². The summed E-state index contributed by atoms with van der Waals surface area (Å²) in [4.78, 5) is 12.0. The topological polar surface area (TPSA) is 55.1 Å². The van der Waals surface area contributed by atoms with Crippen LogP contribution in [0.3, 0.4) is 0 Å². The highest BCUT2D eigenvalue weighted by Crippen LogP contribution is 2.29. The zero-order valence-electron chi connectivity index (χ0n) is 11.9. The molecule has 0 aromatic rings. The predicted octanol–water partition coefficient (Wildman–Crippen LogP) is 2.26. The van der Waals surface area contributed by atoms with Crippen LogP contribution in [-0.4, -0.2) is 30.0 Å². The number of hydrogen-bond acceptors (Lipinski definition) is 3. The van der Waals surface area contributed by atoms with Crippen molar-refractivity contribution in [2.45, 2.75) is 45.3 Å². The maximum Gasteiger partial charge on any atom is 0.224 e. The van der Waals surface area contributed by atoms with E-state index in [1.807, 2.05) is 25.6 Å².